The van der Waals surface area contributed by atoms with Crippen LogP contribution in [-0.4, -0.2) is 35.6 Å². The van der Waals surface area contributed by atoms with Gasteiger partial charge in [0.15, 0.2) is 11.4 Å². The summed E-state index contributed by atoms with van der Waals surface area (Å²) in [5.41, 5.74) is -0.984. The Bertz CT molecular complexity index is 1310. The Morgan fingerprint density at radius 3 is 2.32 bits per heavy atom. The van der Waals surface area contributed by atoms with Crippen LogP contribution in [0.5, 0.6) is 0 Å². The maximum Gasteiger partial charge on any atom is 0.416 e. The second-order valence-electron chi connectivity index (χ2n) is 10.8. The summed E-state index contributed by atoms with van der Waals surface area (Å²) >= 11 is 0. The number of rotatable bonds is 9. The monoisotopic (exact) mass is 577 g/mol. The molecule has 4 atom stereocenters. The molecule has 1 saturated carbocycles. The first-order valence-electron chi connectivity index (χ1n) is 13.2. The summed E-state index contributed by atoms with van der Waals surface area (Å²) < 4.78 is 82.7. The van der Waals surface area contributed by atoms with E-state index in [2.05, 4.69) is 5.32 Å². The number of furan rings is 1. The third-order valence-corrected chi connectivity index (χ3v) is 7.24. The molecule has 5 rings (SSSR count). The van der Waals surface area contributed by atoms with Gasteiger partial charge >= 0.3 is 6.18 Å². The second kappa shape index (κ2) is 11.6. The van der Waals surface area contributed by atoms with Crippen molar-refractivity contribution in [3.63, 3.8) is 0 Å². The Morgan fingerprint density at radius 2 is 1.66 bits per heavy atom. The molecule has 220 valence electrons. The van der Waals surface area contributed by atoms with Crippen LogP contribution in [0.15, 0.2) is 71.3 Å². The average molecular weight is 578 g/mol. The zero-order valence-corrected chi connectivity index (χ0v) is 22.6. The smallest absolute Gasteiger partial charge is 0.416 e. The van der Waals surface area contributed by atoms with Crippen LogP contribution in [0.3, 0.4) is 0 Å². The molecular formula is C30H31F4NO6. The Balaban J connectivity index is 1.39. The molecule has 1 saturated heterocycles. The molecule has 1 N–H and O–H groups in total. The molecule has 0 bridgehead atoms. The predicted octanol–water partition coefficient (Wildman–Crippen LogP) is 5.91. The number of fused-ring (bicyclic) bond motifs is 1. The summed E-state index contributed by atoms with van der Waals surface area (Å²) in [4.78, 5) is 13.8. The van der Waals surface area contributed by atoms with Gasteiger partial charge in [-0.3, -0.25) is 4.79 Å². The Hall–Kier alpha value is -3.25. The maximum atomic E-state index is 13.8. The molecule has 1 aromatic heterocycles. The number of ether oxygens (including phenoxy) is 4. The molecular weight excluding hydrogens is 546 g/mol. The summed E-state index contributed by atoms with van der Waals surface area (Å²) in [5, 5.41) is 2.88. The quantitative estimate of drug-likeness (QED) is 0.319. The predicted molar refractivity (Wildman–Crippen MR) is 138 cm³/mol. The summed E-state index contributed by atoms with van der Waals surface area (Å²) in [6.45, 7) is 3.65. The zero-order chi connectivity index (χ0) is 29.3. The highest BCUT2D eigenvalue weighted by atomic mass is 19.4. The minimum absolute atomic E-state index is 0.0156. The molecule has 0 spiro atoms. The normalized spacial score (nSPS) is 25.6. The van der Waals surface area contributed by atoms with E-state index in [0.717, 1.165) is 12.1 Å². The van der Waals surface area contributed by atoms with Crippen LogP contribution in [-0.2, 0) is 49.7 Å². The number of hydrogen-bond acceptors (Lipinski definition) is 6. The number of alkyl halides is 3. The van der Waals surface area contributed by atoms with Gasteiger partial charge in [-0.15, -0.1) is 0 Å². The van der Waals surface area contributed by atoms with Crippen LogP contribution in [0.25, 0.3) is 0 Å². The van der Waals surface area contributed by atoms with Crippen LogP contribution < -0.4 is 5.32 Å². The second-order valence-corrected chi connectivity index (χ2v) is 10.8. The van der Waals surface area contributed by atoms with Gasteiger partial charge in [0.05, 0.1) is 43.8 Å². The van der Waals surface area contributed by atoms with Gasteiger partial charge in [0, 0.05) is 12.8 Å². The highest BCUT2D eigenvalue weighted by molar-refractivity contribution is 5.85. The van der Waals surface area contributed by atoms with Gasteiger partial charge in [-0.25, -0.2) is 4.39 Å². The molecule has 11 heteroatoms. The van der Waals surface area contributed by atoms with Gasteiger partial charge in [0.1, 0.15) is 17.7 Å². The fourth-order valence-electron chi connectivity index (χ4n) is 5.25. The standard InChI is InChI=1S/C30H31F4NO6/c1-28(2)40-25-15-29(27(36)35-16-23-4-3-13-37-23,39-18-20-7-11-22(31)12-8-20)14-24(26(25)41-28)38-17-19-5-9-21(10-6-19)30(32,33)34/h3-13,24-26H,14-18H2,1-2H3,(H,35,36)/t24?,25-,26+,29-/m1/s1. The number of nitrogens with one attached hydrogen (secondary N) is 1. The van der Waals surface area contributed by atoms with Gasteiger partial charge in [-0.1, -0.05) is 24.3 Å². The first kappa shape index (κ1) is 29.2. The fraction of sp³-hybridized carbons (Fsp3) is 0.433. The summed E-state index contributed by atoms with van der Waals surface area (Å²) in [6.07, 6.45) is -4.50. The summed E-state index contributed by atoms with van der Waals surface area (Å²) in [7, 11) is 0. The molecule has 2 aromatic carbocycles. The van der Waals surface area contributed by atoms with Crippen LogP contribution in [0.2, 0.25) is 0 Å². The lowest BCUT2D eigenvalue weighted by atomic mass is 9.78. The minimum atomic E-state index is -4.44. The van der Waals surface area contributed by atoms with Crippen molar-refractivity contribution < 1.29 is 45.7 Å². The Labute approximate surface area is 234 Å². The van der Waals surface area contributed by atoms with Gasteiger partial charge in [-0.2, -0.15) is 13.2 Å². The SMILES string of the molecule is CC1(C)O[C@@H]2C[C@@](OCc3ccc(F)cc3)(C(=O)NCc3ccco3)CC(OCc3ccc(C(F)(F)F)cc3)[C@@H]2O1. The molecule has 41 heavy (non-hydrogen) atoms. The van der Waals surface area contributed by atoms with Crippen molar-refractivity contribution in [1.29, 1.82) is 0 Å². The van der Waals surface area contributed by atoms with Crippen LogP contribution in [0.4, 0.5) is 17.6 Å². The van der Waals surface area contributed by atoms with Crippen LogP contribution in [0.1, 0.15) is 49.1 Å². The zero-order valence-electron chi connectivity index (χ0n) is 22.6. The van der Waals surface area contributed by atoms with Crippen molar-refractivity contribution in [3.8, 4) is 0 Å². The van der Waals surface area contributed by atoms with E-state index in [9.17, 15) is 22.4 Å². The number of halogens is 4. The van der Waals surface area contributed by atoms with Crippen molar-refractivity contribution in [2.75, 3.05) is 0 Å². The van der Waals surface area contributed by atoms with E-state index in [1.54, 1.807) is 38.1 Å². The lowest BCUT2D eigenvalue weighted by molar-refractivity contribution is -0.183. The molecule has 7 nitrogen and oxygen atoms in total. The Morgan fingerprint density at radius 1 is 0.976 bits per heavy atom. The fourth-order valence-corrected chi connectivity index (χ4v) is 5.25. The van der Waals surface area contributed by atoms with Gasteiger partial charge in [-0.05, 0) is 61.4 Å². The topological polar surface area (TPSA) is 79.2 Å². The number of carbonyl (C=O) groups excluding carboxylic acids is 1. The molecule has 3 aromatic rings. The highest BCUT2D eigenvalue weighted by Gasteiger charge is 2.58. The summed E-state index contributed by atoms with van der Waals surface area (Å²) in [6, 6.07) is 13.9. The highest BCUT2D eigenvalue weighted by Crippen LogP contribution is 2.44. The van der Waals surface area contributed by atoms with Crippen molar-refractivity contribution >= 4 is 5.91 Å². The van der Waals surface area contributed by atoms with Crippen molar-refractivity contribution in [1.82, 2.24) is 5.32 Å². The molecule has 2 fully saturated rings. The van der Waals surface area contributed by atoms with E-state index in [1.165, 1.54) is 30.5 Å². The number of benzene rings is 2. The summed E-state index contributed by atoms with van der Waals surface area (Å²) in [5.74, 6) is -1.21. The van der Waals surface area contributed by atoms with Crippen LogP contribution in [0, 0.1) is 5.82 Å². The third kappa shape index (κ3) is 6.98. The van der Waals surface area contributed by atoms with E-state index in [0.29, 0.717) is 16.9 Å². The number of amides is 1. The lowest BCUT2D eigenvalue weighted by Gasteiger charge is -2.43. The first-order valence-corrected chi connectivity index (χ1v) is 13.2. The molecule has 1 aliphatic heterocycles. The van der Waals surface area contributed by atoms with Gasteiger partial charge < -0.3 is 28.7 Å². The number of carbonyl (C=O) groups is 1. The first-order chi connectivity index (χ1) is 19.4. The van der Waals surface area contributed by atoms with Crippen LogP contribution >= 0.6 is 0 Å². The molecule has 2 aliphatic rings. The molecule has 1 unspecified atom stereocenters. The van der Waals surface area contributed by atoms with Gasteiger partial charge in [0.2, 0.25) is 0 Å². The van der Waals surface area contributed by atoms with E-state index in [4.69, 9.17) is 23.4 Å². The average Bonchev–Trinajstić information content (AvgIpc) is 3.56. The third-order valence-electron chi connectivity index (χ3n) is 7.24. The molecule has 1 aliphatic carbocycles. The van der Waals surface area contributed by atoms with E-state index in [-0.39, 0.29) is 32.6 Å². The van der Waals surface area contributed by atoms with E-state index in [1.807, 2.05) is 0 Å². The van der Waals surface area contributed by atoms with E-state index < -0.39 is 53.2 Å². The van der Waals surface area contributed by atoms with Crippen molar-refractivity contribution in [2.24, 2.45) is 0 Å². The van der Waals surface area contributed by atoms with Crippen molar-refractivity contribution in [2.45, 2.75) is 82.3 Å². The van der Waals surface area contributed by atoms with Crippen molar-refractivity contribution in [3.05, 3.63) is 95.2 Å². The molecule has 1 amide bonds. The largest absolute Gasteiger partial charge is 0.467 e. The Kier molecular flexibility index (Phi) is 8.24. The van der Waals surface area contributed by atoms with Gasteiger partial charge in [0.25, 0.3) is 5.91 Å². The minimum Gasteiger partial charge on any atom is -0.467 e. The maximum absolute atomic E-state index is 13.8. The lowest BCUT2D eigenvalue weighted by Crippen LogP contribution is -2.59. The molecule has 2 heterocycles. The van der Waals surface area contributed by atoms with E-state index >= 15 is 0 Å². The molecule has 0 radical (unpaired) electrons. The number of hydrogen-bond donors (Lipinski definition) is 1.